The molecule has 1 aromatic rings. The van der Waals surface area contributed by atoms with Gasteiger partial charge in [0.05, 0.1) is 6.54 Å². The van der Waals surface area contributed by atoms with E-state index in [4.69, 9.17) is 0 Å². The third-order valence-electron chi connectivity index (χ3n) is 3.46. The first kappa shape index (κ1) is 19.8. The molecule has 144 valence electrons. The van der Waals surface area contributed by atoms with Crippen LogP contribution in [0.25, 0.3) is 0 Å². The van der Waals surface area contributed by atoms with E-state index in [1.54, 1.807) is 0 Å². The van der Waals surface area contributed by atoms with E-state index >= 15 is 0 Å². The second-order valence-electron chi connectivity index (χ2n) is 5.61. The first-order valence-corrected chi connectivity index (χ1v) is 7.79. The van der Waals surface area contributed by atoms with Crippen LogP contribution in [0.1, 0.15) is 0 Å². The van der Waals surface area contributed by atoms with Crippen molar-refractivity contribution in [2.24, 2.45) is 0 Å². The van der Waals surface area contributed by atoms with Crippen LogP contribution in [-0.2, 0) is 23.9 Å². The summed E-state index contributed by atoms with van der Waals surface area (Å²) in [6, 6.07) is 4.42. The Bertz CT molecular complexity index is 767. The molecule has 2 rings (SSSR count). The van der Waals surface area contributed by atoms with E-state index in [2.05, 4.69) is 15.4 Å². The molecule has 0 aromatic heterocycles. The highest BCUT2D eigenvalue weighted by Crippen LogP contribution is 2.08. The molecule has 2 N–H and O–H groups in total. The fraction of sp³-hybridized carbons (Fsp3) is 0.312. The Hall–Kier alpha value is -3.50. The summed E-state index contributed by atoms with van der Waals surface area (Å²) in [4.78, 5) is 59.9. The minimum atomic E-state index is -0.932. The molecular weight excluding hydrogens is 363 g/mol. The van der Waals surface area contributed by atoms with Gasteiger partial charge in [-0.3, -0.25) is 24.1 Å². The van der Waals surface area contributed by atoms with E-state index in [1.165, 1.54) is 31.3 Å². The molecule has 0 saturated carbocycles. The number of hydrogen-bond acceptors (Lipinski definition) is 6. The van der Waals surface area contributed by atoms with Crippen molar-refractivity contribution < 1.29 is 33.1 Å². The van der Waals surface area contributed by atoms with Crippen molar-refractivity contribution in [1.29, 1.82) is 0 Å². The van der Waals surface area contributed by atoms with Crippen molar-refractivity contribution in [3.8, 4) is 0 Å². The van der Waals surface area contributed by atoms with Crippen molar-refractivity contribution in [3.05, 3.63) is 30.1 Å². The summed E-state index contributed by atoms with van der Waals surface area (Å²) < 4.78 is 17.4. The fourth-order valence-electron chi connectivity index (χ4n) is 2.11. The zero-order valence-corrected chi connectivity index (χ0v) is 14.4. The minimum absolute atomic E-state index is 0.129. The number of ether oxygens (including phenoxy) is 1. The predicted octanol–water partition coefficient (Wildman–Crippen LogP) is -0.682. The highest BCUT2D eigenvalue weighted by Gasteiger charge is 2.35. The number of halogens is 1. The largest absolute Gasteiger partial charge is 0.454 e. The molecule has 0 bridgehead atoms. The Kier molecular flexibility index (Phi) is 6.41. The lowest BCUT2D eigenvalue weighted by Gasteiger charge is -2.13. The normalized spacial score (nSPS) is 13.6. The van der Waals surface area contributed by atoms with Crippen molar-refractivity contribution in [2.45, 2.75) is 0 Å². The number of nitrogens with one attached hydrogen (secondary N) is 2. The third kappa shape index (κ3) is 5.76. The number of anilines is 1. The molecule has 0 atom stereocenters. The van der Waals surface area contributed by atoms with Crippen LogP contribution < -0.4 is 10.6 Å². The monoisotopic (exact) mass is 380 g/mol. The van der Waals surface area contributed by atoms with Gasteiger partial charge in [-0.15, -0.1) is 0 Å². The molecule has 0 unspecified atom stereocenters. The summed E-state index contributed by atoms with van der Waals surface area (Å²) in [5.74, 6) is -3.22. The molecule has 0 aliphatic carbocycles. The van der Waals surface area contributed by atoms with Gasteiger partial charge in [0.25, 0.3) is 11.8 Å². The van der Waals surface area contributed by atoms with Crippen molar-refractivity contribution >= 4 is 35.4 Å². The number of hydrogen-bond donors (Lipinski definition) is 2. The molecule has 11 heteroatoms. The number of likely N-dealkylation sites (N-methyl/N-ethyl adjacent to an activating group) is 1. The topological polar surface area (TPSA) is 125 Å². The summed E-state index contributed by atoms with van der Waals surface area (Å²) in [5, 5.41) is 4.67. The number of benzene rings is 1. The van der Waals surface area contributed by atoms with Gasteiger partial charge in [-0.25, -0.2) is 9.18 Å². The smallest absolute Gasteiger partial charge is 0.327 e. The number of carbonyl (C=O) groups is 5. The van der Waals surface area contributed by atoms with Crippen LogP contribution in [0.5, 0.6) is 0 Å². The lowest BCUT2D eigenvalue weighted by molar-refractivity contribution is -0.150. The summed E-state index contributed by atoms with van der Waals surface area (Å²) in [7, 11) is 1.41. The molecule has 1 aliphatic heterocycles. The van der Waals surface area contributed by atoms with Crippen LogP contribution in [0.3, 0.4) is 0 Å². The Morgan fingerprint density at radius 2 is 1.81 bits per heavy atom. The first-order valence-electron chi connectivity index (χ1n) is 7.79. The van der Waals surface area contributed by atoms with Crippen LogP contribution in [0.15, 0.2) is 24.3 Å². The van der Waals surface area contributed by atoms with E-state index < -0.39 is 48.7 Å². The van der Waals surface area contributed by atoms with Gasteiger partial charge in [-0.1, -0.05) is 0 Å². The number of rotatable bonds is 7. The number of nitrogens with zero attached hydrogens (tertiary/aromatic N) is 2. The van der Waals surface area contributed by atoms with Gasteiger partial charge >= 0.3 is 12.0 Å². The number of urea groups is 1. The van der Waals surface area contributed by atoms with Crippen LogP contribution in [0, 0.1) is 5.82 Å². The van der Waals surface area contributed by atoms with Gasteiger partial charge in [-0.2, -0.15) is 0 Å². The fourth-order valence-corrected chi connectivity index (χ4v) is 2.11. The molecule has 1 aliphatic rings. The predicted molar refractivity (Wildman–Crippen MR) is 88.7 cm³/mol. The zero-order chi connectivity index (χ0) is 20.0. The number of carbonyl (C=O) groups excluding carboxylic acids is 5. The Labute approximate surface area is 153 Å². The Balaban J connectivity index is 1.67. The number of amides is 5. The molecule has 5 amide bonds. The average Bonchev–Trinajstić information content (AvgIpc) is 2.86. The van der Waals surface area contributed by atoms with E-state index in [1.807, 2.05) is 0 Å². The number of esters is 1. The molecule has 0 spiro atoms. The summed E-state index contributed by atoms with van der Waals surface area (Å²) in [5.41, 5.74) is 0.354. The zero-order valence-electron chi connectivity index (χ0n) is 14.4. The average molecular weight is 380 g/mol. The van der Waals surface area contributed by atoms with E-state index in [0.29, 0.717) is 5.69 Å². The molecule has 10 nitrogen and oxygen atoms in total. The summed E-state index contributed by atoms with van der Waals surface area (Å²) in [6.07, 6.45) is 0. The molecule has 0 radical (unpaired) electrons. The van der Waals surface area contributed by atoms with Crippen LogP contribution in [0.2, 0.25) is 0 Å². The standard InChI is InChI=1S/C16H17FN4O6/c1-20-7-14(24)21(16(20)26)8-15(25)27-9-13(23)18-6-12(22)19-11-4-2-10(17)3-5-11/h2-5H,6-9H2,1H3,(H,18,23)(H,19,22). The highest BCUT2D eigenvalue weighted by molar-refractivity contribution is 6.04. The Morgan fingerprint density at radius 1 is 1.15 bits per heavy atom. The van der Waals surface area contributed by atoms with E-state index in [-0.39, 0.29) is 13.1 Å². The van der Waals surface area contributed by atoms with E-state index in [9.17, 15) is 28.4 Å². The van der Waals surface area contributed by atoms with Gasteiger partial charge in [0, 0.05) is 12.7 Å². The van der Waals surface area contributed by atoms with Crippen molar-refractivity contribution in [1.82, 2.24) is 15.1 Å². The van der Waals surface area contributed by atoms with Crippen LogP contribution >= 0.6 is 0 Å². The molecule has 1 aromatic carbocycles. The van der Waals surface area contributed by atoms with Crippen molar-refractivity contribution in [3.63, 3.8) is 0 Å². The van der Waals surface area contributed by atoms with Crippen molar-refractivity contribution in [2.75, 3.05) is 38.6 Å². The quantitative estimate of drug-likeness (QED) is 0.477. The first-order chi connectivity index (χ1) is 12.8. The number of imide groups is 1. The van der Waals surface area contributed by atoms with Gasteiger partial charge in [0.15, 0.2) is 6.61 Å². The maximum Gasteiger partial charge on any atom is 0.327 e. The molecule has 1 saturated heterocycles. The van der Waals surface area contributed by atoms with Crippen LogP contribution in [0.4, 0.5) is 14.9 Å². The van der Waals surface area contributed by atoms with Gasteiger partial charge in [0.1, 0.15) is 18.9 Å². The second kappa shape index (κ2) is 8.74. The van der Waals surface area contributed by atoms with E-state index in [0.717, 1.165) is 9.80 Å². The third-order valence-corrected chi connectivity index (χ3v) is 3.46. The second-order valence-corrected chi connectivity index (χ2v) is 5.61. The lowest BCUT2D eigenvalue weighted by Crippen LogP contribution is -2.39. The van der Waals surface area contributed by atoms with Gasteiger partial charge < -0.3 is 20.3 Å². The lowest BCUT2D eigenvalue weighted by atomic mass is 10.3. The minimum Gasteiger partial charge on any atom is -0.454 e. The van der Waals surface area contributed by atoms with Gasteiger partial charge in [0.2, 0.25) is 5.91 Å². The summed E-state index contributed by atoms with van der Waals surface area (Å²) >= 11 is 0. The summed E-state index contributed by atoms with van der Waals surface area (Å²) in [6.45, 7) is -1.79. The maximum absolute atomic E-state index is 12.8. The maximum atomic E-state index is 12.8. The highest BCUT2D eigenvalue weighted by atomic mass is 19.1. The SMILES string of the molecule is CN1CC(=O)N(CC(=O)OCC(=O)NCC(=O)Nc2ccc(F)cc2)C1=O. The molecule has 1 heterocycles. The molecular formula is C16H17FN4O6. The van der Waals surface area contributed by atoms with Crippen LogP contribution in [-0.4, -0.2) is 72.8 Å². The molecule has 27 heavy (non-hydrogen) atoms. The van der Waals surface area contributed by atoms with Gasteiger partial charge in [-0.05, 0) is 24.3 Å². The Morgan fingerprint density at radius 3 is 2.41 bits per heavy atom. The molecule has 1 fully saturated rings.